The molecule has 0 spiro atoms. The highest BCUT2D eigenvalue weighted by Crippen LogP contribution is 2.37. The maximum atomic E-state index is 13.0. The van der Waals surface area contributed by atoms with Crippen LogP contribution in [0.4, 0.5) is 32.0 Å². The Balaban J connectivity index is 1.74. The molecule has 0 aliphatic carbocycles. The molecular formula is C21H18F6N2O3. The molecule has 1 saturated heterocycles. The maximum absolute atomic E-state index is 13.0. The summed E-state index contributed by atoms with van der Waals surface area (Å²) < 4.78 is 83.3. The fourth-order valence-electron chi connectivity index (χ4n) is 3.38. The van der Waals surface area contributed by atoms with Gasteiger partial charge in [0, 0.05) is 31.3 Å². The number of alkyl halides is 6. The zero-order valence-electron chi connectivity index (χ0n) is 16.7. The average molecular weight is 460 g/mol. The van der Waals surface area contributed by atoms with Crippen LogP contribution in [0.5, 0.6) is 5.75 Å². The van der Waals surface area contributed by atoms with Crippen molar-refractivity contribution in [2.75, 3.05) is 19.0 Å². The van der Waals surface area contributed by atoms with Crippen molar-refractivity contribution in [1.29, 1.82) is 0 Å². The Hall–Kier alpha value is -3.24. The van der Waals surface area contributed by atoms with E-state index >= 15 is 0 Å². The lowest BCUT2D eigenvalue weighted by Gasteiger charge is -2.19. The van der Waals surface area contributed by atoms with Gasteiger partial charge in [-0.2, -0.15) is 26.3 Å². The quantitative estimate of drug-likeness (QED) is 0.657. The maximum Gasteiger partial charge on any atom is 0.416 e. The second-order valence-corrected chi connectivity index (χ2v) is 7.31. The number of ether oxygens (including phenoxy) is 1. The van der Waals surface area contributed by atoms with Crippen molar-refractivity contribution in [2.24, 2.45) is 5.92 Å². The molecule has 1 heterocycles. The molecule has 172 valence electrons. The highest BCUT2D eigenvalue weighted by molar-refractivity contribution is 5.97. The van der Waals surface area contributed by atoms with Gasteiger partial charge in [0.15, 0.2) is 0 Å². The Labute approximate surface area is 179 Å². The van der Waals surface area contributed by atoms with Gasteiger partial charge in [-0.3, -0.25) is 9.59 Å². The molecule has 2 aromatic rings. The first-order chi connectivity index (χ1) is 14.9. The standard InChI is InChI=1S/C21H18F6N2O3/c1-32-17-4-2-3-16(9-17)28-19(31)13-7-18(30)29(11-13)10-12-5-14(20(22,23)24)8-15(6-12)21(25,26)27/h2-6,8-9,13H,7,10-11H2,1H3,(H,28,31)/t13-/m0/s1. The van der Waals surface area contributed by atoms with E-state index in [2.05, 4.69) is 5.32 Å². The molecule has 1 aliphatic rings. The van der Waals surface area contributed by atoms with Gasteiger partial charge in [0.1, 0.15) is 5.75 Å². The molecular weight excluding hydrogens is 442 g/mol. The van der Waals surface area contributed by atoms with E-state index in [4.69, 9.17) is 4.74 Å². The molecule has 11 heteroatoms. The van der Waals surface area contributed by atoms with E-state index in [0.29, 0.717) is 23.6 Å². The highest BCUT2D eigenvalue weighted by atomic mass is 19.4. The minimum absolute atomic E-state index is 0.0275. The predicted molar refractivity (Wildman–Crippen MR) is 102 cm³/mol. The minimum atomic E-state index is -4.98. The van der Waals surface area contributed by atoms with Crippen LogP contribution >= 0.6 is 0 Å². The van der Waals surface area contributed by atoms with Crippen molar-refractivity contribution in [3.8, 4) is 5.75 Å². The summed E-state index contributed by atoms with van der Waals surface area (Å²) in [5, 5.41) is 2.63. The van der Waals surface area contributed by atoms with Crippen LogP contribution in [0.15, 0.2) is 42.5 Å². The third-order valence-electron chi connectivity index (χ3n) is 4.94. The summed E-state index contributed by atoms with van der Waals surface area (Å²) in [6, 6.07) is 7.66. The largest absolute Gasteiger partial charge is 0.497 e. The molecule has 0 saturated carbocycles. The molecule has 0 bridgehead atoms. The van der Waals surface area contributed by atoms with E-state index in [-0.39, 0.29) is 24.6 Å². The second kappa shape index (κ2) is 8.71. The van der Waals surface area contributed by atoms with Crippen molar-refractivity contribution in [1.82, 2.24) is 4.90 Å². The van der Waals surface area contributed by atoms with Crippen molar-refractivity contribution in [3.63, 3.8) is 0 Å². The molecule has 1 aliphatic heterocycles. The average Bonchev–Trinajstić information content (AvgIpc) is 3.07. The fourth-order valence-corrected chi connectivity index (χ4v) is 3.38. The van der Waals surface area contributed by atoms with E-state index < -0.39 is 47.8 Å². The highest BCUT2D eigenvalue weighted by Gasteiger charge is 2.38. The molecule has 0 aromatic heterocycles. The van der Waals surface area contributed by atoms with Crippen molar-refractivity contribution >= 4 is 17.5 Å². The first kappa shape index (κ1) is 23.4. The zero-order chi connectivity index (χ0) is 23.7. The molecule has 5 nitrogen and oxygen atoms in total. The smallest absolute Gasteiger partial charge is 0.416 e. The van der Waals surface area contributed by atoms with E-state index in [1.54, 1.807) is 24.3 Å². The van der Waals surface area contributed by atoms with Gasteiger partial charge in [-0.05, 0) is 35.9 Å². The summed E-state index contributed by atoms with van der Waals surface area (Å²) in [4.78, 5) is 25.9. The number of carbonyl (C=O) groups is 2. The van der Waals surface area contributed by atoms with Crippen molar-refractivity contribution < 1.29 is 40.7 Å². The number of benzene rings is 2. The summed E-state index contributed by atoms with van der Waals surface area (Å²) >= 11 is 0. The molecule has 1 N–H and O–H groups in total. The fraction of sp³-hybridized carbons (Fsp3) is 0.333. The summed E-state index contributed by atoms with van der Waals surface area (Å²) in [6.07, 6.45) is -10.2. The van der Waals surface area contributed by atoms with E-state index in [1.165, 1.54) is 7.11 Å². The monoisotopic (exact) mass is 460 g/mol. The number of anilines is 1. The van der Waals surface area contributed by atoms with Crippen LogP contribution in [0.2, 0.25) is 0 Å². The van der Waals surface area contributed by atoms with E-state index in [1.807, 2.05) is 0 Å². The van der Waals surface area contributed by atoms with Crippen LogP contribution < -0.4 is 10.1 Å². The van der Waals surface area contributed by atoms with Crippen LogP contribution in [-0.4, -0.2) is 30.4 Å². The normalized spacial score (nSPS) is 16.9. The van der Waals surface area contributed by atoms with Gasteiger partial charge in [-0.1, -0.05) is 6.07 Å². The topological polar surface area (TPSA) is 58.6 Å². The van der Waals surface area contributed by atoms with Crippen molar-refractivity contribution in [2.45, 2.75) is 25.3 Å². The number of amides is 2. The first-order valence-corrected chi connectivity index (χ1v) is 9.38. The lowest BCUT2D eigenvalue weighted by atomic mass is 10.0. The summed E-state index contributed by atoms with van der Waals surface area (Å²) in [7, 11) is 1.45. The third-order valence-corrected chi connectivity index (χ3v) is 4.94. The number of rotatable bonds is 5. The summed E-state index contributed by atoms with van der Waals surface area (Å²) in [5.41, 5.74) is -2.81. The zero-order valence-corrected chi connectivity index (χ0v) is 16.7. The molecule has 1 atom stereocenters. The van der Waals surface area contributed by atoms with Crippen LogP contribution in [0.25, 0.3) is 0 Å². The third kappa shape index (κ3) is 5.51. The van der Waals surface area contributed by atoms with Gasteiger partial charge in [0.2, 0.25) is 11.8 Å². The SMILES string of the molecule is COc1cccc(NC(=O)[C@H]2CC(=O)N(Cc3cc(C(F)(F)F)cc(C(F)(F)F)c3)C2)c1. The number of likely N-dealkylation sites (tertiary alicyclic amines) is 1. The number of nitrogens with one attached hydrogen (secondary N) is 1. The van der Waals surface area contributed by atoms with Gasteiger partial charge in [-0.15, -0.1) is 0 Å². The lowest BCUT2D eigenvalue weighted by Crippen LogP contribution is -2.28. The van der Waals surface area contributed by atoms with Crippen molar-refractivity contribution in [3.05, 3.63) is 59.2 Å². The van der Waals surface area contributed by atoms with Crippen LogP contribution in [0, 0.1) is 5.92 Å². The van der Waals surface area contributed by atoms with Gasteiger partial charge in [0.05, 0.1) is 24.2 Å². The Morgan fingerprint density at radius 1 is 1.06 bits per heavy atom. The number of hydrogen-bond acceptors (Lipinski definition) is 3. The van der Waals surface area contributed by atoms with Crippen LogP contribution in [0.3, 0.4) is 0 Å². The molecule has 1 fully saturated rings. The molecule has 0 radical (unpaired) electrons. The molecule has 2 amide bonds. The number of carbonyl (C=O) groups excluding carboxylic acids is 2. The van der Waals surface area contributed by atoms with Gasteiger partial charge in [-0.25, -0.2) is 0 Å². The Morgan fingerprint density at radius 2 is 1.69 bits per heavy atom. The number of hydrogen-bond donors (Lipinski definition) is 1. The minimum Gasteiger partial charge on any atom is -0.497 e. The summed E-state index contributed by atoms with van der Waals surface area (Å²) in [5.74, 6) is -1.34. The Kier molecular flexibility index (Phi) is 6.38. The van der Waals surface area contributed by atoms with Gasteiger partial charge < -0.3 is 15.0 Å². The van der Waals surface area contributed by atoms with Crippen LogP contribution in [0.1, 0.15) is 23.1 Å². The lowest BCUT2D eigenvalue weighted by molar-refractivity contribution is -0.143. The van der Waals surface area contributed by atoms with E-state index in [9.17, 15) is 35.9 Å². The van der Waals surface area contributed by atoms with Gasteiger partial charge in [0.25, 0.3) is 0 Å². The van der Waals surface area contributed by atoms with Crippen LogP contribution in [-0.2, 0) is 28.5 Å². The number of methoxy groups -OCH3 is 1. The Bertz CT molecular complexity index is 987. The first-order valence-electron chi connectivity index (χ1n) is 9.38. The number of nitrogens with zero attached hydrogens (tertiary/aromatic N) is 1. The molecule has 3 rings (SSSR count). The molecule has 32 heavy (non-hydrogen) atoms. The summed E-state index contributed by atoms with van der Waals surface area (Å²) in [6.45, 7) is -0.610. The van der Waals surface area contributed by atoms with E-state index in [0.717, 1.165) is 4.90 Å². The second-order valence-electron chi connectivity index (χ2n) is 7.31. The predicted octanol–water partition coefficient (Wildman–Crippen LogP) is 4.72. The number of halogens is 6. The van der Waals surface area contributed by atoms with Gasteiger partial charge >= 0.3 is 12.4 Å². The molecule has 0 unspecified atom stereocenters. The molecule has 2 aromatic carbocycles. The Morgan fingerprint density at radius 3 is 2.25 bits per heavy atom.